The Bertz CT molecular complexity index is 865. The highest BCUT2D eigenvalue weighted by Crippen LogP contribution is 2.26. The van der Waals surface area contributed by atoms with Crippen molar-refractivity contribution < 1.29 is 9.53 Å². The van der Waals surface area contributed by atoms with E-state index in [2.05, 4.69) is 15.5 Å². The first-order chi connectivity index (χ1) is 12.2. The van der Waals surface area contributed by atoms with E-state index in [1.165, 1.54) is 11.8 Å². The summed E-state index contributed by atoms with van der Waals surface area (Å²) in [6.07, 6.45) is 1.64. The van der Waals surface area contributed by atoms with E-state index in [9.17, 15) is 4.79 Å². The molecule has 0 aliphatic heterocycles. The van der Waals surface area contributed by atoms with Crippen LogP contribution in [0.1, 0.15) is 5.56 Å². The summed E-state index contributed by atoms with van der Waals surface area (Å²) in [5, 5.41) is 11.6. The SMILES string of the molecule is COc1ccc(C)cc1NC(=O)CSc1nncn1-c1ccccc1. The molecule has 25 heavy (non-hydrogen) atoms. The molecule has 0 bridgehead atoms. The molecule has 0 aliphatic carbocycles. The van der Waals surface area contributed by atoms with E-state index >= 15 is 0 Å². The Balaban J connectivity index is 1.66. The van der Waals surface area contributed by atoms with Crippen molar-refractivity contribution in [1.29, 1.82) is 0 Å². The molecule has 2 aromatic carbocycles. The van der Waals surface area contributed by atoms with E-state index in [1.54, 1.807) is 13.4 Å². The van der Waals surface area contributed by atoms with Crippen LogP contribution in [-0.2, 0) is 4.79 Å². The lowest BCUT2D eigenvalue weighted by atomic mass is 10.2. The molecule has 0 atom stereocenters. The maximum Gasteiger partial charge on any atom is 0.234 e. The quantitative estimate of drug-likeness (QED) is 0.688. The van der Waals surface area contributed by atoms with Crippen molar-refractivity contribution in [2.45, 2.75) is 12.1 Å². The van der Waals surface area contributed by atoms with Crippen molar-refractivity contribution in [3.05, 3.63) is 60.4 Å². The minimum Gasteiger partial charge on any atom is -0.495 e. The molecule has 0 aliphatic rings. The average Bonchev–Trinajstić information content (AvgIpc) is 3.09. The molecule has 7 heteroatoms. The fraction of sp³-hybridized carbons (Fsp3) is 0.167. The first kappa shape index (κ1) is 17.0. The lowest BCUT2D eigenvalue weighted by Gasteiger charge is -2.11. The highest BCUT2D eigenvalue weighted by Gasteiger charge is 2.12. The summed E-state index contributed by atoms with van der Waals surface area (Å²) in [7, 11) is 1.58. The number of thioether (sulfide) groups is 1. The van der Waals surface area contributed by atoms with E-state index in [0.29, 0.717) is 16.6 Å². The molecular formula is C18H18N4O2S. The normalized spacial score (nSPS) is 10.5. The number of nitrogens with zero attached hydrogens (tertiary/aromatic N) is 3. The summed E-state index contributed by atoms with van der Waals surface area (Å²) < 4.78 is 7.13. The molecule has 128 valence electrons. The molecule has 1 heterocycles. The van der Waals surface area contributed by atoms with Crippen LogP contribution in [0, 0.1) is 6.92 Å². The van der Waals surface area contributed by atoms with Crippen LogP contribution in [0.5, 0.6) is 5.75 Å². The largest absolute Gasteiger partial charge is 0.495 e. The van der Waals surface area contributed by atoms with Gasteiger partial charge in [0, 0.05) is 5.69 Å². The van der Waals surface area contributed by atoms with Gasteiger partial charge in [0.25, 0.3) is 0 Å². The molecule has 1 amide bonds. The Labute approximate surface area is 150 Å². The van der Waals surface area contributed by atoms with E-state index in [4.69, 9.17) is 4.74 Å². The van der Waals surface area contributed by atoms with Crippen LogP contribution in [0.3, 0.4) is 0 Å². The predicted molar refractivity (Wildman–Crippen MR) is 98.4 cm³/mol. The first-order valence-electron chi connectivity index (χ1n) is 7.70. The fourth-order valence-corrected chi connectivity index (χ4v) is 3.05. The van der Waals surface area contributed by atoms with Crippen molar-refractivity contribution in [2.75, 3.05) is 18.2 Å². The molecule has 0 spiro atoms. The monoisotopic (exact) mass is 354 g/mol. The molecule has 3 aromatic rings. The zero-order valence-electron chi connectivity index (χ0n) is 14.0. The number of carbonyl (C=O) groups excluding carboxylic acids is 1. The molecular weight excluding hydrogens is 336 g/mol. The van der Waals surface area contributed by atoms with Crippen molar-refractivity contribution in [3.8, 4) is 11.4 Å². The Morgan fingerprint density at radius 1 is 1.24 bits per heavy atom. The number of methoxy groups -OCH3 is 1. The molecule has 0 fully saturated rings. The predicted octanol–water partition coefficient (Wildman–Crippen LogP) is 3.32. The van der Waals surface area contributed by atoms with Gasteiger partial charge >= 0.3 is 0 Å². The van der Waals surface area contributed by atoms with Crippen molar-refractivity contribution >= 4 is 23.4 Å². The van der Waals surface area contributed by atoms with Gasteiger partial charge in [0.2, 0.25) is 5.91 Å². The number of benzene rings is 2. The van der Waals surface area contributed by atoms with Gasteiger partial charge in [-0.15, -0.1) is 10.2 Å². The summed E-state index contributed by atoms with van der Waals surface area (Å²) in [6, 6.07) is 15.4. The van der Waals surface area contributed by atoms with Crippen LogP contribution in [0.2, 0.25) is 0 Å². The molecule has 1 N–H and O–H groups in total. The van der Waals surface area contributed by atoms with Crippen molar-refractivity contribution in [1.82, 2.24) is 14.8 Å². The van der Waals surface area contributed by atoms with Gasteiger partial charge in [-0.25, -0.2) is 0 Å². The average molecular weight is 354 g/mol. The standard InChI is InChI=1S/C18H18N4O2S/c1-13-8-9-16(24-2)15(10-13)20-17(23)11-25-18-21-19-12-22(18)14-6-4-3-5-7-14/h3-10,12H,11H2,1-2H3,(H,20,23). The molecule has 0 saturated carbocycles. The van der Waals surface area contributed by atoms with E-state index < -0.39 is 0 Å². The maximum atomic E-state index is 12.3. The highest BCUT2D eigenvalue weighted by atomic mass is 32.2. The Morgan fingerprint density at radius 2 is 2.04 bits per heavy atom. The van der Waals surface area contributed by atoms with Gasteiger partial charge in [0.15, 0.2) is 5.16 Å². The number of hydrogen-bond acceptors (Lipinski definition) is 5. The van der Waals surface area contributed by atoms with Crippen LogP contribution in [0.4, 0.5) is 5.69 Å². The Morgan fingerprint density at radius 3 is 2.80 bits per heavy atom. The molecule has 0 saturated heterocycles. The number of carbonyl (C=O) groups is 1. The van der Waals surface area contributed by atoms with Crippen LogP contribution in [0.15, 0.2) is 60.0 Å². The molecule has 3 rings (SSSR count). The van der Waals surface area contributed by atoms with Crippen molar-refractivity contribution in [2.24, 2.45) is 0 Å². The Hall–Kier alpha value is -2.80. The molecule has 0 radical (unpaired) electrons. The second-order valence-electron chi connectivity index (χ2n) is 5.36. The van der Waals surface area contributed by atoms with Crippen LogP contribution < -0.4 is 10.1 Å². The first-order valence-corrected chi connectivity index (χ1v) is 8.68. The number of aromatic nitrogens is 3. The van der Waals surface area contributed by atoms with Gasteiger partial charge in [-0.2, -0.15) is 0 Å². The van der Waals surface area contributed by atoms with E-state index in [-0.39, 0.29) is 11.7 Å². The summed E-state index contributed by atoms with van der Waals surface area (Å²) in [5.74, 6) is 0.732. The number of ether oxygens (including phenoxy) is 1. The minimum absolute atomic E-state index is 0.128. The number of para-hydroxylation sites is 1. The number of anilines is 1. The number of nitrogens with one attached hydrogen (secondary N) is 1. The van der Waals surface area contributed by atoms with Gasteiger partial charge in [0.1, 0.15) is 12.1 Å². The second kappa shape index (κ2) is 7.85. The summed E-state index contributed by atoms with van der Waals surface area (Å²) in [6.45, 7) is 1.96. The summed E-state index contributed by atoms with van der Waals surface area (Å²) in [5.41, 5.74) is 2.67. The van der Waals surface area contributed by atoms with Gasteiger partial charge < -0.3 is 10.1 Å². The number of hydrogen-bond donors (Lipinski definition) is 1. The number of aryl methyl sites for hydroxylation is 1. The highest BCUT2D eigenvalue weighted by molar-refractivity contribution is 7.99. The van der Waals surface area contributed by atoms with Crippen molar-refractivity contribution in [3.63, 3.8) is 0 Å². The van der Waals surface area contributed by atoms with Crippen LogP contribution in [-0.4, -0.2) is 33.5 Å². The third kappa shape index (κ3) is 4.19. The number of amides is 1. The fourth-order valence-electron chi connectivity index (χ4n) is 2.32. The van der Waals surface area contributed by atoms with Gasteiger partial charge in [-0.3, -0.25) is 9.36 Å². The van der Waals surface area contributed by atoms with E-state index in [0.717, 1.165) is 11.3 Å². The smallest absolute Gasteiger partial charge is 0.234 e. The number of rotatable bonds is 6. The third-order valence-corrected chi connectivity index (χ3v) is 4.46. The molecule has 1 aromatic heterocycles. The lowest BCUT2D eigenvalue weighted by molar-refractivity contribution is -0.113. The van der Waals surface area contributed by atoms with E-state index in [1.807, 2.05) is 60.0 Å². The maximum absolute atomic E-state index is 12.3. The zero-order valence-corrected chi connectivity index (χ0v) is 14.8. The summed E-state index contributed by atoms with van der Waals surface area (Å²) in [4.78, 5) is 12.3. The molecule has 0 unspecified atom stereocenters. The lowest BCUT2D eigenvalue weighted by Crippen LogP contribution is -2.15. The van der Waals surface area contributed by atoms with Crippen LogP contribution in [0.25, 0.3) is 5.69 Å². The minimum atomic E-state index is -0.128. The second-order valence-corrected chi connectivity index (χ2v) is 6.30. The van der Waals surface area contributed by atoms with Crippen LogP contribution >= 0.6 is 11.8 Å². The zero-order chi connectivity index (χ0) is 17.6. The van der Waals surface area contributed by atoms with Gasteiger partial charge in [-0.05, 0) is 36.8 Å². The topological polar surface area (TPSA) is 69.0 Å². The van der Waals surface area contributed by atoms with Gasteiger partial charge in [-0.1, -0.05) is 36.0 Å². The molecule has 6 nitrogen and oxygen atoms in total. The third-order valence-electron chi connectivity index (χ3n) is 3.51. The summed E-state index contributed by atoms with van der Waals surface area (Å²) >= 11 is 1.33. The Kier molecular flexibility index (Phi) is 5.35. The van der Waals surface area contributed by atoms with Gasteiger partial charge in [0.05, 0.1) is 18.6 Å².